The molecule has 0 saturated carbocycles. The van der Waals surface area contributed by atoms with E-state index in [4.69, 9.17) is 22.2 Å². The molecule has 1 aliphatic rings. The Balaban J connectivity index is 1.97. The molecular weight excluding hydrogens is 231 g/mol. The highest BCUT2D eigenvalue weighted by Gasteiger charge is 2.19. The van der Waals surface area contributed by atoms with Gasteiger partial charge in [0.05, 0.1) is 0 Å². The maximum absolute atomic E-state index is 6.02. The predicted molar refractivity (Wildman–Crippen MR) is 68.4 cm³/mol. The fourth-order valence-electron chi connectivity index (χ4n) is 1.63. The molecule has 0 saturated heterocycles. The average molecular weight is 249 g/mol. The van der Waals surface area contributed by atoms with E-state index >= 15 is 0 Å². The van der Waals surface area contributed by atoms with Gasteiger partial charge in [0.2, 0.25) is 6.69 Å². The molecule has 0 heterocycles. The quantitative estimate of drug-likeness (QED) is 0.353. The highest BCUT2D eigenvalue weighted by molar-refractivity contribution is 7.44. The van der Waals surface area contributed by atoms with Crippen molar-refractivity contribution in [1.29, 1.82) is 0 Å². The van der Waals surface area contributed by atoms with Gasteiger partial charge in [0, 0.05) is 0 Å². The van der Waals surface area contributed by atoms with Crippen LogP contribution in [0.25, 0.3) is 0 Å². The van der Waals surface area contributed by atoms with E-state index < -0.39 is 6.69 Å². The van der Waals surface area contributed by atoms with Gasteiger partial charge in [0.25, 0.3) is 0 Å². The molecule has 0 spiro atoms. The third-order valence-electron chi connectivity index (χ3n) is 2.43. The molecule has 3 heteroatoms. The van der Waals surface area contributed by atoms with Gasteiger partial charge < -0.3 is 0 Å². The summed E-state index contributed by atoms with van der Waals surface area (Å²) >= 11 is 12.0. The molecule has 1 aliphatic carbocycles. The molecule has 0 unspecified atom stereocenters. The Morgan fingerprint density at radius 1 is 1.29 bits per heavy atom. The Morgan fingerprint density at radius 2 is 2.07 bits per heavy atom. The van der Waals surface area contributed by atoms with Crippen LogP contribution >= 0.6 is 22.2 Å². The van der Waals surface area contributed by atoms with Crippen LogP contribution in [0.15, 0.2) is 23.8 Å². The molecule has 0 N–H and O–H groups in total. The first kappa shape index (κ1) is 12.3. The minimum absolute atomic E-state index is 1.03. The lowest BCUT2D eigenvalue weighted by Crippen LogP contribution is -2.11. The number of allylic oxidation sites excluding steroid dienone is 4. The van der Waals surface area contributed by atoms with Crippen molar-refractivity contribution < 1.29 is 0 Å². The van der Waals surface area contributed by atoms with Crippen molar-refractivity contribution in [3.63, 3.8) is 0 Å². The lowest BCUT2D eigenvalue weighted by atomic mass is 10.1. The first-order valence-corrected chi connectivity index (χ1v) is 10.0. The Kier molecular flexibility index (Phi) is 5.28. The van der Waals surface area contributed by atoms with Crippen molar-refractivity contribution >= 4 is 28.9 Å². The Morgan fingerprint density at radius 3 is 2.64 bits per heavy atom. The summed E-state index contributed by atoms with van der Waals surface area (Å²) in [6.07, 6.45) is 12.8. The molecule has 0 aromatic rings. The Bertz CT molecular complexity index is 226. The van der Waals surface area contributed by atoms with Crippen LogP contribution in [-0.2, 0) is 0 Å². The van der Waals surface area contributed by atoms with Crippen LogP contribution in [0.3, 0.4) is 0 Å². The smallest absolute Gasteiger partial charge is 0.146 e. The zero-order valence-electron chi connectivity index (χ0n) is 8.73. The van der Waals surface area contributed by atoms with E-state index in [1.807, 2.05) is 6.55 Å². The molecule has 14 heavy (non-hydrogen) atoms. The van der Waals surface area contributed by atoms with Crippen LogP contribution in [0.5, 0.6) is 0 Å². The number of hydrogen-bond acceptors (Lipinski definition) is 0. The van der Waals surface area contributed by atoms with Gasteiger partial charge >= 0.3 is 0 Å². The molecule has 0 radical (unpaired) electrons. The highest BCUT2D eigenvalue weighted by Crippen LogP contribution is 2.24. The zero-order valence-corrected chi connectivity index (χ0v) is 11.2. The zero-order chi connectivity index (χ0) is 10.4. The maximum atomic E-state index is 6.02. The van der Waals surface area contributed by atoms with Gasteiger partial charge in [-0.05, 0) is 31.9 Å². The van der Waals surface area contributed by atoms with E-state index in [1.54, 1.807) is 0 Å². The second-order valence-corrected chi connectivity index (χ2v) is 12.3. The van der Waals surface area contributed by atoms with Gasteiger partial charge in [-0.25, -0.2) is 0 Å². The van der Waals surface area contributed by atoms with E-state index in [1.165, 1.54) is 31.3 Å². The Labute approximate surface area is 97.4 Å². The molecular formula is C11H18Cl2Si. The molecule has 0 aromatic heterocycles. The van der Waals surface area contributed by atoms with E-state index in [0.717, 1.165) is 12.5 Å². The summed E-state index contributed by atoms with van der Waals surface area (Å²) in [6, 6.07) is 1.03. The molecule has 0 aromatic carbocycles. The van der Waals surface area contributed by atoms with Crippen molar-refractivity contribution in [1.82, 2.24) is 0 Å². The van der Waals surface area contributed by atoms with Gasteiger partial charge in [-0.15, -0.1) is 22.2 Å². The van der Waals surface area contributed by atoms with Crippen molar-refractivity contribution in [2.45, 2.75) is 44.7 Å². The second kappa shape index (κ2) is 5.99. The second-order valence-electron chi connectivity index (χ2n) is 4.05. The van der Waals surface area contributed by atoms with E-state index in [-0.39, 0.29) is 0 Å². The van der Waals surface area contributed by atoms with E-state index in [0.29, 0.717) is 0 Å². The predicted octanol–water partition coefficient (Wildman–Crippen LogP) is 4.98. The SMILES string of the molecule is C[Si](Cl)(Cl)CCCCCC1=CCC=C1. The fourth-order valence-corrected chi connectivity index (χ4v) is 3.31. The Hall–Kier alpha value is 0.277. The minimum Gasteiger partial charge on any atom is -0.146 e. The lowest BCUT2D eigenvalue weighted by Gasteiger charge is -2.08. The van der Waals surface area contributed by atoms with Crippen LogP contribution < -0.4 is 0 Å². The summed E-state index contributed by atoms with van der Waals surface area (Å²) in [5.74, 6) is 0. The topological polar surface area (TPSA) is 0 Å². The maximum Gasteiger partial charge on any atom is 0.248 e. The van der Waals surface area contributed by atoms with Crippen LogP contribution in [0, 0.1) is 0 Å². The van der Waals surface area contributed by atoms with Crippen LogP contribution in [-0.4, -0.2) is 6.69 Å². The summed E-state index contributed by atoms with van der Waals surface area (Å²) in [6.45, 7) is 0.176. The summed E-state index contributed by atoms with van der Waals surface area (Å²) < 4.78 is 0. The van der Waals surface area contributed by atoms with Gasteiger partial charge in [-0.3, -0.25) is 0 Å². The molecule has 80 valence electrons. The summed E-state index contributed by atoms with van der Waals surface area (Å²) in [7, 11) is 0. The van der Waals surface area contributed by atoms with E-state index in [2.05, 4.69) is 18.2 Å². The monoisotopic (exact) mass is 248 g/mol. The van der Waals surface area contributed by atoms with Crippen LogP contribution in [0.4, 0.5) is 0 Å². The first-order valence-electron chi connectivity index (χ1n) is 5.31. The number of unbranched alkanes of at least 4 members (excludes halogenated alkanes) is 2. The van der Waals surface area contributed by atoms with Crippen LogP contribution in [0.1, 0.15) is 32.1 Å². The molecule has 0 atom stereocenters. The molecule has 0 nitrogen and oxygen atoms in total. The third kappa shape index (κ3) is 5.89. The number of rotatable bonds is 6. The molecule has 1 rings (SSSR count). The third-order valence-corrected chi connectivity index (χ3v) is 4.79. The summed E-state index contributed by atoms with van der Waals surface area (Å²) in [5.41, 5.74) is 1.50. The fraction of sp³-hybridized carbons (Fsp3) is 0.636. The lowest BCUT2D eigenvalue weighted by molar-refractivity contribution is 0.716. The van der Waals surface area contributed by atoms with E-state index in [9.17, 15) is 0 Å². The summed E-state index contributed by atoms with van der Waals surface area (Å²) in [5, 5.41) is 0. The normalized spacial score (nSPS) is 16.1. The van der Waals surface area contributed by atoms with Crippen molar-refractivity contribution in [3.05, 3.63) is 23.8 Å². The summed E-state index contributed by atoms with van der Waals surface area (Å²) in [4.78, 5) is 0. The number of halogens is 2. The highest BCUT2D eigenvalue weighted by atomic mass is 35.7. The molecule has 0 amide bonds. The molecule has 0 fully saturated rings. The first-order chi connectivity index (χ1) is 6.58. The minimum atomic E-state index is -1.82. The van der Waals surface area contributed by atoms with Gasteiger partial charge in [-0.2, -0.15) is 0 Å². The standard InChI is InChI=1S/C11H18Cl2Si/c1-14(12,13)10-6-2-3-7-11-8-4-5-9-11/h4,8-9H,2-3,5-7,10H2,1H3. The van der Waals surface area contributed by atoms with Crippen LogP contribution in [0.2, 0.25) is 12.6 Å². The van der Waals surface area contributed by atoms with Crippen molar-refractivity contribution in [2.24, 2.45) is 0 Å². The molecule has 0 aliphatic heterocycles. The van der Waals surface area contributed by atoms with Gasteiger partial charge in [-0.1, -0.05) is 36.6 Å². The number of hydrogen-bond donors (Lipinski definition) is 0. The van der Waals surface area contributed by atoms with Crippen molar-refractivity contribution in [3.8, 4) is 0 Å². The van der Waals surface area contributed by atoms with Gasteiger partial charge in [0.15, 0.2) is 0 Å². The molecule has 0 bridgehead atoms. The van der Waals surface area contributed by atoms with Gasteiger partial charge in [0.1, 0.15) is 0 Å². The average Bonchev–Trinajstić information content (AvgIpc) is 2.54. The van der Waals surface area contributed by atoms with Crippen molar-refractivity contribution in [2.75, 3.05) is 0 Å². The largest absolute Gasteiger partial charge is 0.248 e.